The van der Waals surface area contributed by atoms with Gasteiger partial charge in [0.25, 0.3) is 0 Å². The molecule has 0 bridgehead atoms. The second kappa shape index (κ2) is 24.8. The van der Waals surface area contributed by atoms with Gasteiger partial charge in [-0.05, 0) is 26.8 Å². The van der Waals surface area contributed by atoms with Crippen LogP contribution in [0, 0.1) is 12.3 Å². The van der Waals surface area contributed by atoms with E-state index in [1.807, 2.05) is 61.5 Å². The monoisotopic (exact) mass is 254 g/mol. The predicted molar refractivity (Wildman–Crippen MR) is 85.3 cm³/mol. The van der Waals surface area contributed by atoms with E-state index >= 15 is 0 Å². The lowest BCUT2D eigenvalue weighted by Crippen LogP contribution is -1.74. The van der Waals surface area contributed by atoms with Crippen molar-refractivity contribution in [2.75, 3.05) is 0 Å². The van der Waals surface area contributed by atoms with Crippen molar-refractivity contribution in [2.45, 2.75) is 62.3 Å². The van der Waals surface area contributed by atoms with Crippen LogP contribution in [0.1, 0.15) is 62.3 Å². The van der Waals surface area contributed by atoms with Crippen LogP contribution in [0.3, 0.4) is 0 Å². The van der Waals surface area contributed by atoms with Crippen molar-refractivity contribution in [2.24, 2.45) is 0 Å². The molecule has 0 aromatic heterocycles. The molecular weight excluding hydrogens is 223 g/mol. The SMILES string of the molecule is C#C/C(C)=C(F)/C=C\C(C)=C/C.CC.CC.CC. The van der Waals surface area contributed by atoms with Gasteiger partial charge in [0.15, 0.2) is 0 Å². The molecular formula is C17H31F. The van der Waals surface area contributed by atoms with Crippen molar-refractivity contribution in [3.8, 4) is 12.3 Å². The lowest BCUT2D eigenvalue weighted by atomic mass is 10.2. The summed E-state index contributed by atoms with van der Waals surface area (Å²) in [4.78, 5) is 0. The highest BCUT2D eigenvalue weighted by Crippen LogP contribution is 2.07. The fourth-order valence-electron chi connectivity index (χ4n) is 0.495. The predicted octanol–water partition coefficient (Wildman–Crippen LogP) is 6.46. The second-order valence-corrected chi connectivity index (χ2v) is 2.48. The highest BCUT2D eigenvalue weighted by molar-refractivity contribution is 5.33. The number of rotatable bonds is 2. The smallest absolute Gasteiger partial charge is 0.134 e. The third-order valence-corrected chi connectivity index (χ3v) is 1.52. The Morgan fingerprint density at radius 3 is 1.61 bits per heavy atom. The molecule has 0 atom stereocenters. The molecule has 0 aromatic rings. The van der Waals surface area contributed by atoms with Crippen molar-refractivity contribution in [3.05, 3.63) is 35.2 Å². The average molecular weight is 254 g/mol. The van der Waals surface area contributed by atoms with Crippen LogP contribution in [0.15, 0.2) is 35.2 Å². The van der Waals surface area contributed by atoms with E-state index in [0.29, 0.717) is 5.57 Å². The van der Waals surface area contributed by atoms with E-state index in [9.17, 15) is 4.39 Å². The summed E-state index contributed by atoms with van der Waals surface area (Å²) in [6, 6.07) is 0. The van der Waals surface area contributed by atoms with Gasteiger partial charge in [-0.1, -0.05) is 65.2 Å². The summed E-state index contributed by atoms with van der Waals surface area (Å²) in [5.41, 5.74) is 1.34. The van der Waals surface area contributed by atoms with Crippen LogP contribution in [0.4, 0.5) is 4.39 Å². The molecule has 106 valence electrons. The number of hydrogen-bond donors (Lipinski definition) is 0. The fourth-order valence-corrected chi connectivity index (χ4v) is 0.495. The Hall–Kier alpha value is -1.29. The molecule has 0 heterocycles. The van der Waals surface area contributed by atoms with Crippen LogP contribution >= 0.6 is 0 Å². The first kappa shape index (κ1) is 25.5. The lowest BCUT2D eigenvalue weighted by Gasteiger charge is -1.90. The van der Waals surface area contributed by atoms with E-state index in [-0.39, 0.29) is 5.83 Å². The number of halogens is 1. The number of allylic oxidation sites excluding steroid dienone is 6. The molecule has 0 aliphatic heterocycles. The first-order chi connectivity index (χ1) is 8.61. The molecule has 0 unspecified atom stereocenters. The Morgan fingerprint density at radius 1 is 0.944 bits per heavy atom. The Morgan fingerprint density at radius 2 is 1.33 bits per heavy atom. The largest absolute Gasteiger partial charge is 0.206 e. The van der Waals surface area contributed by atoms with Gasteiger partial charge in [-0.3, -0.25) is 0 Å². The van der Waals surface area contributed by atoms with Gasteiger partial charge >= 0.3 is 0 Å². The van der Waals surface area contributed by atoms with Crippen LogP contribution < -0.4 is 0 Å². The highest BCUT2D eigenvalue weighted by Gasteiger charge is 1.91. The zero-order valence-electron chi connectivity index (χ0n) is 13.7. The molecule has 0 fully saturated rings. The molecule has 0 rings (SSSR count). The number of hydrogen-bond acceptors (Lipinski definition) is 0. The van der Waals surface area contributed by atoms with Crippen molar-refractivity contribution in [1.82, 2.24) is 0 Å². The van der Waals surface area contributed by atoms with Crippen LogP contribution in [0.2, 0.25) is 0 Å². The topological polar surface area (TPSA) is 0 Å². The fraction of sp³-hybridized carbons (Fsp3) is 0.529. The van der Waals surface area contributed by atoms with E-state index < -0.39 is 0 Å². The summed E-state index contributed by atoms with van der Waals surface area (Å²) in [6.07, 6.45) is 9.98. The summed E-state index contributed by atoms with van der Waals surface area (Å²) in [5, 5.41) is 0. The maximum Gasteiger partial charge on any atom is 0.134 e. The van der Waals surface area contributed by atoms with E-state index in [1.165, 1.54) is 6.08 Å². The first-order valence-electron chi connectivity index (χ1n) is 6.75. The Labute approximate surface area is 115 Å². The second-order valence-electron chi connectivity index (χ2n) is 2.48. The highest BCUT2D eigenvalue weighted by atomic mass is 19.1. The zero-order chi connectivity index (χ0) is 15.6. The molecule has 0 aromatic carbocycles. The lowest BCUT2D eigenvalue weighted by molar-refractivity contribution is 0.659. The molecule has 0 saturated heterocycles. The summed E-state index contributed by atoms with van der Waals surface area (Å²) in [5.74, 6) is 1.89. The molecule has 0 aliphatic rings. The third-order valence-electron chi connectivity index (χ3n) is 1.52. The van der Waals surface area contributed by atoms with Gasteiger partial charge in [0.2, 0.25) is 0 Å². The maximum atomic E-state index is 12.9. The normalized spacial score (nSPS) is 10.6. The van der Waals surface area contributed by atoms with Gasteiger partial charge in [-0.15, -0.1) is 6.42 Å². The van der Waals surface area contributed by atoms with Crippen LogP contribution in [-0.4, -0.2) is 0 Å². The summed E-state index contributed by atoms with van der Waals surface area (Å²) < 4.78 is 12.9. The van der Waals surface area contributed by atoms with Crippen molar-refractivity contribution in [1.29, 1.82) is 0 Å². The molecule has 0 spiro atoms. The maximum absolute atomic E-state index is 12.9. The van der Waals surface area contributed by atoms with Gasteiger partial charge < -0.3 is 0 Å². The Balaban J connectivity index is -0.000000141. The standard InChI is InChI=1S/C11H13F.3C2H6/c1-5-9(3)7-8-11(12)10(4)6-2;3*1-2/h2,5,7-8H,1,3-4H3;3*1-2H3/b8-7-,9-5-,11-10-;;;. The van der Waals surface area contributed by atoms with Gasteiger partial charge in [0.1, 0.15) is 5.83 Å². The molecule has 18 heavy (non-hydrogen) atoms. The molecule has 0 saturated carbocycles. The van der Waals surface area contributed by atoms with E-state index in [1.54, 1.807) is 13.0 Å². The molecule has 0 radical (unpaired) electrons. The van der Waals surface area contributed by atoms with Crippen molar-refractivity contribution in [3.63, 3.8) is 0 Å². The van der Waals surface area contributed by atoms with Gasteiger partial charge in [0.05, 0.1) is 0 Å². The minimum Gasteiger partial charge on any atom is -0.206 e. The summed E-state index contributed by atoms with van der Waals surface area (Å²) >= 11 is 0. The van der Waals surface area contributed by atoms with E-state index in [2.05, 4.69) is 5.92 Å². The third kappa shape index (κ3) is 20.2. The zero-order valence-corrected chi connectivity index (χ0v) is 13.7. The van der Waals surface area contributed by atoms with Crippen LogP contribution in [0.25, 0.3) is 0 Å². The minimum absolute atomic E-state index is 0.329. The molecule has 0 nitrogen and oxygen atoms in total. The molecule has 0 N–H and O–H groups in total. The molecule has 1 heteroatoms. The number of terminal acetylenes is 1. The minimum atomic E-state index is -0.348. The Kier molecular flexibility index (Phi) is 35.2. The molecule has 0 aliphatic carbocycles. The first-order valence-corrected chi connectivity index (χ1v) is 6.75. The van der Waals surface area contributed by atoms with E-state index in [0.717, 1.165) is 5.57 Å². The quantitative estimate of drug-likeness (QED) is 0.391. The van der Waals surface area contributed by atoms with Crippen molar-refractivity contribution >= 4 is 0 Å². The summed E-state index contributed by atoms with van der Waals surface area (Å²) in [7, 11) is 0. The average Bonchev–Trinajstić information content (AvgIpc) is 2.49. The molecule has 0 amide bonds. The summed E-state index contributed by atoms with van der Waals surface area (Å²) in [6.45, 7) is 17.4. The van der Waals surface area contributed by atoms with Gasteiger partial charge in [0, 0.05) is 5.57 Å². The van der Waals surface area contributed by atoms with Gasteiger partial charge in [-0.25, -0.2) is 4.39 Å². The van der Waals surface area contributed by atoms with Crippen LogP contribution in [-0.2, 0) is 0 Å². The van der Waals surface area contributed by atoms with Gasteiger partial charge in [-0.2, -0.15) is 0 Å². The van der Waals surface area contributed by atoms with Crippen molar-refractivity contribution < 1.29 is 4.39 Å². The Bertz CT molecular complexity index is 272. The van der Waals surface area contributed by atoms with Crippen LogP contribution in [0.5, 0.6) is 0 Å². The van der Waals surface area contributed by atoms with E-state index in [4.69, 9.17) is 6.42 Å².